The van der Waals surface area contributed by atoms with E-state index in [0.29, 0.717) is 12.0 Å². The lowest BCUT2D eigenvalue weighted by molar-refractivity contribution is 0.0771. The molecule has 1 fully saturated rings. The van der Waals surface area contributed by atoms with E-state index in [1.165, 1.54) is 0 Å². The third-order valence-corrected chi connectivity index (χ3v) is 10.4. The van der Waals surface area contributed by atoms with Crippen molar-refractivity contribution in [1.82, 2.24) is 0 Å². The van der Waals surface area contributed by atoms with E-state index in [9.17, 15) is 9.36 Å². The van der Waals surface area contributed by atoms with Crippen LogP contribution in [0, 0.1) is 0 Å². The number of hydrogen-bond acceptors (Lipinski definition) is 4. The Hall–Kier alpha value is -3.46. The van der Waals surface area contributed by atoms with Crippen LogP contribution in [0.25, 0.3) is 0 Å². The molecule has 1 aliphatic rings. The average Bonchev–Trinajstić information content (AvgIpc) is 3.39. The number of anilines is 1. The fraction of sp³-hybridized carbons (Fsp3) is 0.167. The average molecular weight is 482 g/mol. The van der Waals surface area contributed by atoms with Gasteiger partial charge in [-0.05, 0) is 12.1 Å². The first-order valence-corrected chi connectivity index (χ1v) is 13.7. The zero-order valence-corrected chi connectivity index (χ0v) is 20.5. The monoisotopic (exact) mass is 481 g/mol. The zero-order chi connectivity index (χ0) is 24.3. The maximum Gasteiger partial charge on any atom is 0.187 e. The molecule has 4 aromatic rings. The molecule has 0 N–H and O–H groups in total. The Morgan fingerprint density at radius 1 is 0.771 bits per heavy atom. The quantitative estimate of drug-likeness (QED) is 0.245. The van der Waals surface area contributed by atoms with Gasteiger partial charge in [-0.15, -0.1) is 0 Å². The molecule has 5 rings (SSSR count). The minimum atomic E-state index is -3.07. The molecule has 4 aromatic carbocycles. The van der Waals surface area contributed by atoms with Gasteiger partial charge in [0.1, 0.15) is 13.2 Å². The van der Waals surface area contributed by atoms with Crippen LogP contribution < -0.4 is 15.7 Å². The van der Waals surface area contributed by atoms with Gasteiger partial charge in [0.2, 0.25) is 0 Å². The van der Waals surface area contributed by atoms with E-state index in [-0.39, 0.29) is 11.4 Å². The van der Waals surface area contributed by atoms with Gasteiger partial charge in [0.25, 0.3) is 0 Å². The van der Waals surface area contributed by atoms with Crippen LogP contribution in [0.15, 0.2) is 121 Å². The third-order valence-electron chi connectivity index (χ3n) is 6.75. The Bertz CT molecular complexity index is 1270. The minimum absolute atomic E-state index is 0.00147. The molecule has 4 nitrogen and oxygen atoms in total. The molecule has 35 heavy (non-hydrogen) atoms. The smallest absolute Gasteiger partial charge is 0.187 e. The van der Waals surface area contributed by atoms with Crippen molar-refractivity contribution < 1.29 is 14.2 Å². The highest BCUT2D eigenvalue weighted by atomic mass is 31.2. The van der Waals surface area contributed by atoms with Gasteiger partial charge >= 0.3 is 0 Å². The van der Waals surface area contributed by atoms with Gasteiger partial charge in [-0.2, -0.15) is 0 Å². The summed E-state index contributed by atoms with van der Waals surface area (Å²) in [6.07, 6.45) is 0.0482. The highest BCUT2D eigenvalue weighted by Gasteiger charge is 2.47. The number of rotatable bonds is 7. The summed E-state index contributed by atoms with van der Waals surface area (Å²) in [5.74, 6) is -0.00147. The maximum atomic E-state index is 14.9. The molecule has 0 radical (unpaired) electrons. The fourth-order valence-electron chi connectivity index (χ4n) is 4.84. The number of carbonyl (C=O) groups is 1. The molecule has 3 atom stereocenters. The summed E-state index contributed by atoms with van der Waals surface area (Å²) < 4.78 is 14.9. The van der Waals surface area contributed by atoms with E-state index in [1.54, 1.807) is 5.06 Å². The van der Waals surface area contributed by atoms with Crippen LogP contribution in [0.3, 0.4) is 0 Å². The van der Waals surface area contributed by atoms with Crippen LogP contribution >= 0.6 is 7.14 Å². The van der Waals surface area contributed by atoms with Crippen molar-refractivity contribution in [2.24, 2.45) is 0 Å². The van der Waals surface area contributed by atoms with Gasteiger partial charge in [-0.3, -0.25) is 9.63 Å². The molecule has 0 spiro atoms. The van der Waals surface area contributed by atoms with Crippen LogP contribution in [-0.4, -0.2) is 23.6 Å². The van der Waals surface area contributed by atoms with E-state index in [4.69, 9.17) is 4.84 Å². The van der Waals surface area contributed by atoms with Crippen molar-refractivity contribution in [2.75, 3.05) is 5.06 Å². The zero-order valence-electron chi connectivity index (χ0n) is 19.6. The minimum Gasteiger partial charge on any atom is -0.313 e. The van der Waals surface area contributed by atoms with Crippen LogP contribution in [0.2, 0.25) is 0 Å². The summed E-state index contributed by atoms with van der Waals surface area (Å²) in [6, 6.07) is 37.7. The van der Waals surface area contributed by atoms with Crippen molar-refractivity contribution in [3.63, 3.8) is 0 Å². The van der Waals surface area contributed by atoms with Crippen molar-refractivity contribution in [2.45, 2.75) is 31.1 Å². The molecule has 0 saturated carbocycles. The standard InChI is InChI=1S/C30H28NO3P/c1-23(35(33,26-18-10-4-11-19-26)27-20-12-5-13-21-27)29-22-28(30(32)24-14-6-2-7-15-24)31(34-29)25-16-8-3-9-17-25/h2-21,23,28-29H,22H2,1H3/t23?,28-,29-/m0/s1. The number of para-hydroxylation sites is 1. The van der Waals surface area contributed by atoms with Crippen LogP contribution in [0.5, 0.6) is 0 Å². The topological polar surface area (TPSA) is 46.6 Å². The number of benzene rings is 4. The Morgan fingerprint density at radius 3 is 1.74 bits per heavy atom. The lowest BCUT2D eigenvalue weighted by Gasteiger charge is -2.30. The summed E-state index contributed by atoms with van der Waals surface area (Å²) in [7, 11) is -3.07. The van der Waals surface area contributed by atoms with Crippen molar-refractivity contribution in [3.05, 3.63) is 127 Å². The second kappa shape index (κ2) is 10.0. The highest BCUT2D eigenvalue weighted by molar-refractivity contribution is 7.79. The van der Waals surface area contributed by atoms with Crippen LogP contribution in [-0.2, 0) is 9.40 Å². The predicted octanol–water partition coefficient (Wildman–Crippen LogP) is 5.85. The maximum absolute atomic E-state index is 14.9. The second-order valence-corrected chi connectivity index (χ2v) is 12.0. The molecule has 1 saturated heterocycles. The van der Waals surface area contributed by atoms with Crippen molar-refractivity contribution in [1.29, 1.82) is 0 Å². The number of nitrogens with zero attached hydrogens (tertiary/aromatic N) is 1. The molecule has 1 heterocycles. The van der Waals surface area contributed by atoms with Gasteiger partial charge in [0.05, 0.1) is 11.8 Å². The first kappa shape index (κ1) is 23.3. The van der Waals surface area contributed by atoms with Crippen molar-refractivity contribution in [3.8, 4) is 0 Å². The van der Waals surface area contributed by atoms with Gasteiger partial charge in [-0.1, -0.05) is 116 Å². The molecule has 0 amide bonds. The molecular weight excluding hydrogens is 453 g/mol. The normalized spacial score (nSPS) is 18.8. The third kappa shape index (κ3) is 4.48. The first-order chi connectivity index (χ1) is 17.1. The van der Waals surface area contributed by atoms with Gasteiger partial charge < -0.3 is 4.57 Å². The second-order valence-electron chi connectivity index (χ2n) is 8.86. The predicted molar refractivity (Wildman–Crippen MR) is 142 cm³/mol. The number of Topliss-reactive ketones (excluding diaryl/α,β-unsaturated/α-hetero) is 1. The first-order valence-electron chi connectivity index (χ1n) is 11.9. The van der Waals surface area contributed by atoms with Gasteiger partial charge in [-0.25, -0.2) is 5.06 Å². The molecule has 0 bridgehead atoms. The molecule has 1 unspecified atom stereocenters. The van der Waals surface area contributed by atoms with Crippen LogP contribution in [0.4, 0.5) is 5.69 Å². The molecule has 176 valence electrons. The molecule has 0 aliphatic carbocycles. The summed E-state index contributed by atoms with van der Waals surface area (Å²) >= 11 is 0. The Labute approximate surface area is 206 Å². The number of hydroxylamine groups is 1. The van der Waals surface area contributed by atoms with E-state index in [1.807, 2.05) is 128 Å². The summed E-state index contributed by atoms with van der Waals surface area (Å²) in [5.41, 5.74) is 1.11. The lowest BCUT2D eigenvalue weighted by atomic mass is 9.98. The van der Waals surface area contributed by atoms with Gasteiger partial charge in [0, 0.05) is 28.3 Å². The Kier molecular flexibility index (Phi) is 6.68. The summed E-state index contributed by atoms with van der Waals surface area (Å²) in [5, 5.41) is 3.31. The fourth-order valence-corrected chi connectivity index (χ4v) is 7.95. The largest absolute Gasteiger partial charge is 0.313 e. The van der Waals surface area contributed by atoms with E-state index < -0.39 is 19.3 Å². The number of ketones is 1. The number of hydrogen-bond donors (Lipinski definition) is 0. The van der Waals surface area contributed by atoms with E-state index in [2.05, 4.69) is 0 Å². The molecule has 1 aliphatic heterocycles. The lowest BCUT2D eigenvalue weighted by Crippen LogP contribution is -2.35. The van der Waals surface area contributed by atoms with Crippen molar-refractivity contribution >= 4 is 29.2 Å². The van der Waals surface area contributed by atoms with Crippen LogP contribution in [0.1, 0.15) is 23.7 Å². The van der Waals surface area contributed by atoms with E-state index >= 15 is 0 Å². The Morgan fingerprint density at radius 2 is 1.23 bits per heavy atom. The van der Waals surface area contributed by atoms with Gasteiger partial charge in [0.15, 0.2) is 5.78 Å². The molecule has 0 aromatic heterocycles. The summed E-state index contributed by atoms with van der Waals surface area (Å²) in [6.45, 7) is 1.99. The molecular formula is C30H28NO3P. The number of carbonyl (C=O) groups excluding carboxylic acids is 1. The SMILES string of the molecule is CC([C@@H]1C[C@@H](C(=O)c2ccccc2)N(c2ccccc2)O1)P(=O)(c1ccccc1)c1ccccc1. The summed E-state index contributed by atoms with van der Waals surface area (Å²) in [4.78, 5) is 20.1. The highest BCUT2D eigenvalue weighted by Crippen LogP contribution is 2.52. The Balaban J connectivity index is 1.54. The van der Waals surface area contributed by atoms with E-state index in [0.717, 1.165) is 16.3 Å². The molecule has 5 heteroatoms.